The minimum absolute atomic E-state index is 0.0205. The van der Waals surface area contributed by atoms with Crippen molar-refractivity contribution < 1.29 is 9.18 Å². The van der Waals surface area contributed by atoms with Crippen LogP contribution in [0.1, 0.15) is 30.1 Å². The Bertz CT molecular complexity index is 412. The second-order valence-electron chi connectivity index (χ2n) is 4.28. The second kappa shape index (κ2) is 7.59. The van der Waals surface area contributed by atoms with E-state index in [0.717, 1.165) is 12.8 Å². The maximum atomic E-state index is 13.4. The molecule has 0 bridgehead atoms. The molecule has 0 radical (unpaired) electrons. The van der Waals surface area contributed by atoms with Crippen molar-refractivity contribution in [3.8, 4) is 0 Å². The van der Waals surface area contributed by atoms with Gasteiger partial charge in [-0.15, -0.1) is 11.6 Å². The van der Waals surface area contributed by atoms with Crippen LogP contribution in [-0.2, 0) is 0 Å². The lowest BCUT2D eigenvalue weighted by atomic mass is 10.1. The fourth-order valence-electron chi connectivity index (χ4n) is 1.50. The van der Waals surface area contributed by atoms with E-state index < -0.39 is 11.7 Å². The number of rotatable bonds is 6. The molecule has 1 rings (SSSR count). The van der Waals surface area contributed by atoms with Crippen molar-refractivity contribution in [1.29, 1.82) is 0 Å². The molecule has 0 saturated heterocycles. The molecule has 0 aliphatic carbocycles. The summed E-state index contributed by atoms with van der Waals surface area (Å²) in [5.74, 6) is 0.0303. The van der Waals surface area contributed by atoms with Crippen molar-refractivity contribution in [3.63, 3.8) is 0 Å². The highest BCUT2D eigenvalue weighted by atomic mass is 35.5. The van der Waals surface area contributed by atoms with Crippen LogP contribution >= 0.6 is 23.2 Å². The topological polar surface area (TPSA) is 29.1 Å². The molecule has 1 unspecified atom stereocenters. The van der Waals surface area contributed by atoms with Crippen LogP contribution in [0.5, 0.6) is 0 Å². The van der Waals surface area contributed by atoms with Gasteiger partial charge in [-0.05, 0) is 37.0 Å². The van der Waals surface area contributed by atoms with E-state index in [1.807, 2.05) is 6.92 Å². The van der Waals surface area contributed by atoms with Gasteiger partial charge in [-0.25, -0.2) is 4.39 Å². The molecule has 0 saturated carbocycles. The summed E-state index contributed by atoms with van der Waals surface area (Å²) in [5.41, 5.74) is -0.0205. The zero-order chi connectivity index (χ0) is 13.5. The summed E-state index contributed by atoms with van der Waals surface area (Å²) in [6, 6.07) is 3.93. The standard InChI is InChI=1S/C13H16Cl2FNO/c1-9(8-14)3-2-6-17-13(18)11-7-10(15)4-5-12(11)16/h4-5,7,9H,2-3,6,8H2,1H3,(H,17,18). The van der Waals surface area contributed by atoms with Gasteiger partial charge in [0.15, 0.2) is 0 Å². The number of amides is 1. The van der Waals surface area contributed by atoms with Gasteiger partial charge in [0.2, 0.25) is 0 Å². The van der Waals surface area contributed by atoms with E-state index in [4.69, 9.17) is 23.2 Å². The van der Waals surface area contributed by atoms with Crippen LogP contribution in [0.15, 0.2) is 18.2 Å². The smallest absolute Gasteiger partial charge is 0.254 e. The third-order valence-corrected chi connectivity index (χ3v) is 3.36. The summed E-state index contributed by atoms with van der Waals surface area (Å²) < 4.78 is 13.4. The van der Waals surface area contributed by atoms with Gasteiger partial charge in [0.1, 0.15) is 5.82 Å². The van der Waals surface area contributed by atoms with Crippen molar-refractivity contribution >= 4 is 29.1 Å². The van der Waals surface area contributed by atoms with E-state index in [2.05, 4.69) is 5.32 Å². The lowest BCUT2D eigenvalue weighted by molar-refractivity contribution is 0.0948. The van der Waals surface area contributed by atoms with Gasteiger partial charge < -0.3 is 5.32 Å². The maximum Gasteiger partial charge on any atom is 0.254 e. The summed E-state index contributed by atoms with van der Waals surface area (Å²) in [6.07, 6.45) is 1.75. The summed E-state index contributed by atoms with van der Waals surface area (Å²) in [4.78, 5) is 11.7. The molecule has 5 heteroatoms. The Morgan fingerprint density at radius 2 is 2.22 bits per heavy atom. The number of nitrogens with one attached hydrogen (secondary N) is 1. The predicted octanol–water partition coefficient (Wildman–Crippen LogP) is 3.86. The number of carbonyl (C=O) groups is 1. The molecular weight excluding hydrogens is 276 g/mol. The van der Waals surface area contributed by atoms with Crippen LogP contribution in [0.2, 0.25) is 5.02 Å². The number of benzene rings is 1. The van der Waals surface area contributed by atoms with Crippen LogP contribution in [0.3, 0.4) is 0 Å². The first-order valence-corrected chi connectivity index (χ1v) is 6.75. The molecule has 1 aromatic carbocycles. The monoisotopic (exact) mass is 291 g/mol. The number of alkyl halides is 1. The molecule has 1 aromatic rings. The van der Waals surface area contributed by atoms with Crippen LogP contribution < -0.4 is 5.32 Å². The molecule has 0 aliphatic heterocycles. The second-order valence-corrected chi connectivity index (χ2v) is 5.03. The molecule has 1 atom stereocenters. The summed E-state index contributed by atoms with van der Waals surface area (Å²) in [6.45, 7) is 2.55. The van der Waals surface area contributed by atoms with Gasteiger partial charge in [-0.2, -0.15) is 0 Å². The van der Waals surface area contributed by atoms with E-state index >= 15 is 0 Å². The number of halogens is 3. The molecule has 0 aromatic heterocycles. The third-order valence-electron chi connectivity index (χ3n) is 2.60. The van der Waals surface area contributed by atoms with Crippen LogP contribution in [0, 0.1) is 11.7 Å². The molecule has 0 heterocycles. The Morgan fingerprint density at radius 3 is 2.89 bits per heavy atom. The number of hydrogen-bond acceptors (Lipinski definition) is 1. The van der Waals surface area contributed by atoms with Crippen LogP contribution in [0.4, 0.5) is 4.39 Å². The van der Waals surface area contributed by atoms with E-state index in [0.29, 0.717) is 23.4 Å². The first kappa shape index (κ1) is 15.3. The van der Waals surface area contributed by atoms with Gasteiger partial charge in [0.05, 0.1) is 5.56 Å². The highest BCUT2D eigenvalue weighted by Crippen LogP contribution is 2.14. The highest BCUT2D eigenvalue weighted by Gasteiger charge is 2.11. The van der Waals surface area contributed by atoms with E-state index in [-0.39, 0.29) is 5.56 Å². The van der Waals surface area contributed by atoms with Crippen molar-refractivity contribution in [1.82, 2.24) is 5.32 Å². The Kier molecular flexibility index (Phi) is 6.44. The zero-order valence-corrected chi connectivity index (χ0v) is 11.7. The molecule has 100 valence electrons. The lowest BCUT2D eigenvalue weighted by Gasteiger charge is -2.09. The fourth-order valence-corrected chi connectivity index (χ4v) is 1.82. The Morgan fingerprint density at radius 1 is 1.50 bits per heavy atom. The molecular formula is C13H16Cl2FNO. The molecule has 2 nitrogen and oxygen atoms in total. The molecule has 18 heavy (non-hydrogen) atoms. The molecule has 1 amide bonds. The van der Waals surface area contributed by atoms with Crippen molar-refractivity contribution in [2.45, 2.75) is 19.8 Å². The van der Waals surface area contributed by atoms with Gasteiger partial charge in [0.25, 0.3) is 5.91 Å². The van der Waals surface area contributed by atoms with Crippen molar-refractivity contribution in [2.75, 3.05) is 12.4 Å². The van der Waals surface area contributed by atoms with E-state index in [1.54, 1.807) is 0 Å². The molecule has 0 spiro atoms. The highest BCUT2D eigenvalue weighted by molar-refractivity contribution is 6.31. The summed E-state index contributed by atoms with van der Waals surface area (Å²) in [5, 5.41) is 3.01. The van der Waals surface area contributed by atoms with Gasteiger partial charge in [-0.1, -0.05) is 18.5 Å². The molecule has 1 N–H and O–H groups in total. The average molecular weight is 292 g/mol. The minimum Gasteiger partial charge on any atom is -0.352 e. The van der Waals surface area contributed by atoms with Gasteiger partial charge in [-0.3, -0.25) is 4.79 Å². The van der Waals surface area contributed by atoms with Crippen LogP contribution in [0.25, 0.3) is 0 Å². The largest absolute Gasteiger partial charge is 0.352 e. The Labute approximate surface area is 116 Å². The normalized spacial score (nSPS) is 12.2. The quantitative estimate of drug-likeness (QED) is 0.626. The summed E-state index contributed by atoms with van der Waals surface area (Å²) >= 11 is 11.4. The summed E-state index contributed by atoms with van der Waals surface area (Å²) in [7, 11) is 0. The number of carbonyl (C=O) groups excluding carboxylic acids is 1. The van der Waals surface area contributed by atoms with Gasteiger partial charge >= 0.3 is 0 Å². The van der Waals surface area contributed by atoms with E-state index in [1.165, 1.54) is 18.2 Å². The zero-order valence-electron chi connectivity index (χ0n) is 10.2. The fraction of sp³-hybridized carbons (Fsp3) is 0.462. The Hall–Kier alpha value is -0.800. The minimum atomic E-state index is -0.564. The Balaban J connectivity index is 2.43. The third kappa shape index (κ3) is 4.83. The van der Waals surface area contributed by atoms with Crippen molar-refractivity contribution in [3.05, 3.63) is 34.6 Å². The molecule has 0 fully saturated rings. The van der Waals surface area contributed by atoms with E-state index in [9.17, 15) is 9.18 Å². The van der Waals surface area contributed by atoms with Crippen molar-refractivity contribution in [2.24, 2.45) is 5.92 Å². The predicted molar refractivity (Wildman–Crippen MR) is 72.9 cm³/mol. The molecule has 0 aliphatic rings. The number of hydrogen-bond donors (Lipinski definition) is 1. The average Bonchev–Trinajstić information content (AvgIpc) is 2.36. The SMILES string of the molecule is CC(CCl)CCCNC(=O)c1cc(Cl)ccc1F. The maximum absolute atomic E-state index is 13.4. The first-order valence-electron chi connectivity index (χ1n) is 5.83. The lowest BCUT2D eigenvalue weighted by Crippen LogP contribution is -2.25. The van der Waals surface area contributed by atoms with Crippen LogP contribution in [-0.4, -0.2) is 18.3 Å². The van der Waals surface area contributed by atoms with Gasteiger partial charge in [0, 0.05) is 17.4 Å². The first-order chi connectivity index (χ1) is 8.54.